The number of rotatable bonds is 8. The van der Waals surface area contributed by atoms with E-state index >= 15 is 0 Å². The lowest BCUT2D eigenvalue weighted by Crippen LogP contribution is -2.15. The molecule has 1 aliphatic rings. The van der Waals surface area contributed by atoms with E-state index < -0.39 is 0 Å². The molecular formula is C21H30O2. The number of ether oxygens (including phenoxy) is 1. The molecule has 2 atom stereocenters. The van der Waals surface area contributed by atoms with Gasteiger partial charge in [0.1, 0.15) is 5.75 Å². The minimum Gasteiger partial charge on any atom is -0.427 e. The molecule has 2 rings (SSSR count). The van der Waals surface area contributed by atoms with Gasteiger partial charge in [-0.1, -0.05) is 56.5 Å². The van der Waals surface area contributed by atoms with Crippen molar-refractivity contribution < 1.29 is 9.53 Å². The standard InChI is InChI=1S/C21H30O2/c1-3-8-18(19-13-11-17(4-2)12-14-19)15-16-21(22)23-20-9-6-5-7-10-20/h5-7,9-10,13,17-18H,3-4,8,11-12,14-16H2,1-2H3. The molecule has 0 saturated heterocycles. The molecule has 1 aromatic rings. The van der Waals surface area contributed by atoms with Crippen LogP contribution in [0.25, 0.3) is 0 Å². The average Bonchev–Trinajstić information content (AvgIpc) is 2.59. The highest BCUT2D eigenvalue weighted by atomic mass is 16.5. The van der Waals surface area contributed by atoms with Crippen LogP contribution in [-0.2, 0) is 4.79 Å². The molecule has 1 aromatic carbocycles. The lowest BCUT2D eigenvalue weighted by molar-refractivity contribution is -0.134. The van der Waals surface area contributed by atoms with E-state index in [1.807, 2.05) is 30.3 Å². The van der Waals surface area contributed by atoms with Gasteiger partial charge in [0, 0.05) is 6.42 Å². The predicted molar refractivity (Wildman–Crippen MR) is 95.4 cm³/mol. The zero-order valence-electron chi connectivity index (χ0n) is 14.6. The Bertz CT molecular complexity index is 504. The van der Waals surface area contributed by atoms with Gasteiger partial charge in [0.05, 0.1) is 0 Å². The number of carbonyl (C=O) groups is 1. The first-order valence-electron chi connectivity index (χ1n) is 9.17. The number of benzene rings is 1. The van der Waals surface area contributed by atoms with Crippen molar-refractivity contribution in [2.75, 3.05) is 0 Å². The van der Waals surface area contributed by atoms with Gasteiger partial charge < -0.3 is 4.74 Å². The summed E-state index contributed by atoms with van der Waals surface area (Å²) >= 11 is 0. The van der Waals surface area contributed by atoms with Crippen molar-refractivity contribution in [1.29, 1.82) is 0 Å². The van der Waals surface area contributed by atoms with E-state index in [0.29, 0.717) is 18.1 Å². The molecule has 23 heavy (non-hydrogen) atoms. The minimum absolute atomic E-state index is 0.111. The Balaban J connectivity index is 1.85. The van der Waals surface area contributed by atoms with Gasteiger partial charge in [0.25, 0.3) is 0 Å². The number of allylic oxidation sites excluding steroid dienone is 2. The smallest absolute Gasteiger partial charge is 0.311 e. The molecule has 2 unspecified atom stereocenters. The van der Waals surface area contributed by atoms with E-state index in [4.69, 9.17) is 4.74 Å². The van der Waals surface area contributed by atoms with Crippen LogP contribution in [0.2, 0.25) is 0 Å². The van der Waals surface area contributed by atoms with E-state index in [0.717, 1.165) is 12.3 Å². The van der Waals surface area contributed by atoms with Gasteiger partial charge in [-0.15, -0.1) is 0 Å². The molecule has 0 N–H and O–H groups in total. The van der Waals surface area contributed by atoms with Crippen LogP contribution < -0.4 is 4.74 Å². The molecule has 1 aliphatic carbocycles. The van der Waals surface area contributed by atoms with E-state index in [-0.39, 0.29) is 5.97 Å². The summed E-state index contributed by atoms with van der Waals surface area (Å²) in [4.78, 5) is 12.1. The summed E-state index contributed by atoms with van der Waals surface area (Å²) in [7, 11) is 0. The Kier molecular flexibility index (Phi) is 7.38. The highest BCUT2D eigenvalue weighted by molar-refractivity contribution is 5.72. The summed E-state index contributed by atoms with van der Waals surface area (Å²) in [5.74, 6) is 1.96. The summed E-state index contributed by atoms with van der Waals surface area (Å²) in [5, 5.41) is 0. The number of hydrogen-bond acceptors (Lipinski definition) is 2. The molecule has 0 aliphatic heterocycles. The van der Waals surface area contributed by atoms with Crippen molar-refractivity contribution in [3.8, 4) is 5.75 Å². The predicted octanol–water partition coefficient (Wildman–Crippen LogP) is 5.93. The highest BCUT2D eigenvalue weighted by Gasteiger charge is 2.20. The van der Waals surface area contributed by atoms with Crippen LogP contribution in [0.3, 0.4) is 0 Å². The van der Waals surface area contributed by atoms with Crippen molar-refractivity contribution in [3.63, 3.8) is 0 Å². The van der Waals surface area contributed by atoms with Gasteiger partial charge in [-0.25, -0.2) is 0 Å². The Morgan fingerprint density at radius 1 is 1.22 bits per heavy atom. The second kappa shape index (κ2) is 9.54. The Morgan fingerprint density at radius 2 is 2.00 bits per heavy atom. The van der Waals surface area contributed by atoms with Gasteiger partial charge in [-0.3, -0.25) is 4.79 Å². The van der Waals surface area contributed by atoms with E-state index in [9.17, 15) is 4.79 Å². The zero-order chi connectivity index (χ0) is 16.5. The molecule has 0 radical (unpaired) electrons. The van der Waals surface area contributed by atoms with Gasteiger partial charge in [-0.05, 0) is 56.1 Å². The molecular weight excluding hydrogens is 284 g/mol. The topological polar surface area (TPSA) is 26.3 Å². The average molecular weight is 314 g/mol. The fourth-order valence-electron chi connectivity index (χ4n) is 3.48. The third-order valence-electron chi connectivity index (χ3n) is 4.97. The molecule has 0 spiro atoms. The molecule has 2 heteroatoms. The first kappa shape index (κ1) is 17.8. The van der Waals surface area contributed by atoms with Crippen LogP contribution in [0.4, 0.5) is 0 Å². The van der Waals surface area contributed by atoms with Gasteiger partial charge in [-0.2, -0.15) is 0 Å². The van der Waals surface area contributed by atoms with Crippen molar-refractivity contribution >= 4 is 5.97 Å². The second-order valence-corrected chi connectivity index (χ2v) is 6.64. The third-order valence-corrected chi connectivity index (χ3v) is 4.97. The largest absolute Gasteiger partial charge is 0.427 e. The Hall–Kier alpha value is -1.57. The summed E-state index contributed by atoms with van der Waals surface area (Å²) in [6.07, 6.45) is 11.3. The van der Waals surface area contributed by atoms with Crippen molar-refractivity contribution in [2.24, 2.45) is 11.8 Å². The minimum atomic E-state index is -0.111. The molecule has 0 amide bonds. The highest BCUT2D eigenvalue weighted by Crippen LogP contribution is 2.34. The number of carbonyl (C=O) groups excluding carboxylic acids is 1. The fourth-order valence-corrected chi connectivity index (χ4v) is 3.48. The molecule has 0 saturated carbocycles. The molecule has 0 heterocycles. The van der Waals surface area contributed by atoms with E-state index in [1.165, 1.54) is 38.5 Å². The van der Waals surface area contributed by atoms with Crippen LogP contribution in [0.5, 0.6) is 5.75 Å². The monoisotopic (exact) mass is 314 g/mol. The fraction of sp³-hybridized carbons (Fsp3) is 0.571. The Labute approximate surface area is 140 Å². The van der Waals surface area contributed by atoms with Crippen molar-refractivity contribution in [1.82, 2.24) is 0 Å². The Morgan fingerprint density at radius 3 is 2.61 bits per heavy atom. The van der Waals surface area contributed by atoms with Crippen LogP contribution >= 0.6 is 0 Å². The number of esters is 1. The maximum Gasteiger partial charge on any atom is 0.311 e. The van der Waals surface area contributed by atoms with E-state index in [2.05, 4.69) is 19.9 Å². The third kappa shape index (κ3) is 5.85. The molecule has 126 valence electrons. The van der Waals surface area contributed by atoms with Crippen LogP contribution in [0.1, 0.15) is 65.2 Å². The van der Waals surface area contributed by atoms with Crippen molar-refractivity contribution in [3.05, 3.63) is 42.0 Å². The van der Waals surface area contributed by atoms with E-state index in [1.54, 1.807) is 5.57 Å². The summed E-state index contributed by atoms with van der Waals surface area (Å²) < 4.78 is 5.41. The number of para-hydroxylation sites is 1. The van der Waals surface area contributed by atoms with Crippen molar-refractivity contribution in [2.45, 2.75) is 65.2 Å². The van der Waals surface area contributed by atoms with Gasteiger partial charge in [0.2, 0.25) is 0 Å². The van der Waals surface area contributed by atoms with Crippen LogP contribution in [-0.4, -0.2) is 5.97 Å². The molecule has 0 fully saturated rings. The summed E-state index contributed by atoms with van der Waals surface area (Å²) in [6.45, 7) is 4.51. The van der Waals surface area contributed by atoms with Gasteiger partial charge >= 0.3 is 5.97 Å². The lowest BCUT2D eigenvalue weighted by Gasteiger charge is -2.26. The van der Waals surface area contributed by atoms with Gasteiger partial charge in [0.15, 0.2) is 0 Å². The molecule has 0 bridgehead atoms. The normalized spacial score (nSPS) is 19.0. The zero-order valence-corrected chi connectivity index (χ0v) is 14.6. The lowest BCUT2D eigenvalue weighted by atomic mass is 9.80. The molecule has 0 aromatic heterocycles. The van der Waals surface area contributed by atoms with Crippen LogP contribution in [0, 0.1) is 11.8 Å². The first-order valence-corrected chi connectivity index (χ1v) is 9.17. The van der Waals surface area contributed by atoms with Crippen LogP contribution in [0.15, 0.2) is 42.0 Å². The summed E-state index contributed by atoms with van der Waals surface area (Å²) in [5.41, 5.74) is 1.59. The summed E-state index contributed by atoms with van der Waals surface area (Å²) in [6, 6.07) is 9.36. The second-order valence-electron chi connectivity index (χ2n) is 6.64. The molecule has 2 nitrogen and oxygen atoms in total. The maximum absolute atomic E-state index is 12.1. The maximum atomic E-state index is 12.1. The quantitative estimate of drug-likeness (QED) is 0.338. The SMILES string of the molecule is CCCC(CCC(=O)Oc1ccccc1)C1=CCC(CC)CC1. The number of hydrogen-bond donors (Lipinski definition) is 0. The first-order chi connectivity index (χ1) is 11.2.